The maximum atomic E-state index is 4.59. The van der Waals surface area contributed by atoms with Crippen molar-refractivity contribution in [3.8, 4) is 33.6 Å². The molecule has 2 aromatic heterocycles. The first-order valence-corrected chi connectivity index (χ1v) is 14.6. The molecular formula is C38H24N6. The molecule has 0 amide bonds. The topological polar surface area (TPSA) is 61.4 Å². The smallest absolute Gasteiger partial charge is 0.121 e. The van der Waals surface area contributed by atoms with E-state index < -0.39 is 0 Å². The highest BCUT2D eigenvalue weighted by atomic mass is 15.4. The molecule has 0 fully saturated rings. The summed E-state index contributed by atoms with van der Waals surface area (Å²) in [6.07, 6.45) is 0. The second-order valence-electron chi connectivity index (χ2n) is 10.9. The zero-order valence-corrected chi connectivity index (χ0v) is 23.5. The lowest BCUT2D eigenvalue weighted by atomic mass is 9.93. The Morgan fingerprint density at radius 1 is 0.364 bits per heavy atom. The molecule has 9 rings (SSSR count). The zero-order chi connectivity index (χ0) is 29.0. The van der Waals surface area contributed by atoms with Gasteiger partial charge in [0.2, 0.25) is 0 Å². The van der Waals surface area contributed by atoms with E-state index in [-0.39, 0.29) is 0 Å². The third-order valence-corrected chi connectivity index (χ3v) is 8.43. The average molecular weight is 565 g/mol. The van der Waals surface area contributed by atoms with Gasteiger partial charge in [-0.05, 0) is 69.4 Å². The number of fused-ring (bicyclic) bond motifs is 6. The van der Waals surface area contributed by atoms with Gasteiger partial charge in [-0.3, -0.25) is 0 Å². The summed E-state index contributed by atoms with van der Waals surface area (Å²) in [5.74, 6) is 0. The highest BCUT2D eigenvalue weighted by Gasteiger charge is 2.17. The van der Waals surface area contributed by atoms with Crippen molar-refractivity contribution in [1.29, 1.82) is 0 Å². The van der Waals surface area contributed by atoms with Crippen molar-refractivity contribution in [3.05, 3.63) is 146 Å². The molecule has 0 bridgehead atoms. The molecule has 0 radical (unpaired) electrons. The van der Waals surface area contributed by atoms with Gasteiger partial charge in [-0.15, -0.1) is 10.2 Å². The summed E-state index contributed by atoms with van der Waals surface area (Å²) >= 11 is 0. The van der Waals surface area contributed by atoms with Crippen LogP contribution < -0.4 is 0 Å². The Morgan fingerprint density at radius 2 is 0.727 bits per heavy atom. The van der Waals surface area contributed by atoms with Gasteiger partial charge in [0.1, 0.15) is 11.0 Å². The van der Waals surface area contributed by atoms with Crippen molar-refractivity contribution in [3.63, 3.8) is 0 Å². The fourth-order valence-electron chi connectivity index (χ4n) is 6.33. The third kappa shape index (κ3) is 3.75. The normalized spacial score (nSPS) is 11.6. The van der Waals surface area contributed by atoms with Gasteiger partial charge in [-0.25, -0.2) is 9.36 Å². The first-order valence-electron chi connectivity index (χ1n) is 14.6. The first kappa shape index (κ1) is 24.5. The summed E-state index contributed by atoms with van der Waals surface area (Å²) in [6.45, 7) is 0. The van der Waals surface area contributed by atoms with Crippen LogP contribution in [0.25, 0.3) is 77.2 Å². The predicted octanol–water partition coefficient (Wildman–Crippen LogP) is 8.79. The average Bonchev–Trinajstić information content (AvgIpc) is 3.74. The summed E-state index contributed by atoms with van der Waals surface area (Å²) in [7, 11) is 0. The minimum Gasteiger partial charge on any atom is -0.213 e. The van der Waals surface area contributed by atoms with Crippen molar-refractivity contribution in [2.75, 3.05) is 0 Å². The van der Waals surface area contributed by atoms with Gasteiger partial charge in [-0.2, -0.15) is 0 Å². The monoisotopic (exact) mass is 564 g/mol. The SMILES string of the molecule is c1ccc(-n2nnc3c4ccccc4c(-c4ccc(-c5cc6c(nnn6-c6ccccc6)c6ccccc56)cc4)cc32)cc1. The van der Waals surface area contributed by atoms with Crippen LogP contribution in [-0.2, 0) is 0 Å². The van der Waals surface area contributed by atoms with E-state index in [4.69, 9.17) is 0 Å². The quantitative estimate of drug-likeness (QED) is 0.214. The predicted molar refractivity (Wildman–Crippen MR) is 177 cm³/mol. The van der Waals surface area contributed by atoms with Gasteiger partial charge in [0.15, 0.2) is 0 Å². The van der Waals surface area contributed by atoms with Gasteiger partial charge in [0.25, 0.3) is 0 Å². The number of aromatic nitrogens is 6. The summed E-state index contributed by atoms with van der Waals surface area (Å²) in [5, 5.41) is 22.7. The van der Waals surface area contributed by atoms with Gasteiger partial charge < -0.3 is 0 Å². The van der Waals surface area contributed by atoms with E-state index >= 15 is 0 Å². The molecule has 0 aliphatic rings. The van der Waals surface area contributed by atoms with E-state index in [1.165, 1.54) is 0 Å². The largest absolute Gasteiger partial charge is 0.213 e. The Balaban J connectivity index is 1.22. The minimum absolute atomic E-state index is 0.897. The number of nitrogens with zero attached hydrogens (tertiary/aromatic N) is 6. The van der Waals surface area contributed by atoms with Crippen LogP contribution in [0.2, 0.25) is 0 Å². The number of para-hydroxylation sites is 2. The van der Waals surface area contributed by atoms with E-state index in [1.54, 1.807) is 0 Å². The highest BCUT2D eigenvalue weighted by molar-refractivity contribution is 6.13. The van der Waals surface area contributed by atoms with E-state index in [0.717, 1.165) is 77.2 Å². The molecule has 2 heterocycles. The van der Waals surface area contributed by atoms with Crippen molar-refractivity contribution in [1.82, 2.24) is 30.0 Å². The Kier molecular flexibility index (Phi) is 5.40. The second kappa shape index (κ2) is 9.71. The summed E-state index contributed by atoms with van der Waals surface area (Å²) in [6, 6.07) is 50.5. The molecule has 6 nitrogen and oxygen atoms in total. The molecule has 6 heteroatoms. The number of hydrogen-bond acceptors (Lipinski definition) is 4. The van der Waals surface area contributed by atoms with Crippen molar-refractivity contribution in [2.24, 2.45) is 0 Å². The molecule has 9 aromatic rings. The Bertz CT molecular complexity index is 2300. The maximum Gasteiger partial charge on any atom is 0.121 e. The lowest BCUT2D eigenvalue weighted by Gasteiger charge is -2.12. The van der Waals surface area contributed by atoms with Crippen LogP contribution in [0.5, 0.6) is 0 Å². The fourth-order valence-corrected chi connectivity index (χ4v) is 6.33. The molecule has 0 atom stereocenters. The van der Waals surface area contributed by atoms with E-state index in [0.29, 0.717) is 0 Å². The van der Waals surface area contributed by atoms with Crippen LogP contribution >= 0.6 is 0 Å². The molecule has 7 aromatic carbocycles. The number of rotatable bonds is 4. The Labute approximate surface area is 252 Å². The van der Waals surface area contributed by atoms with Crippen LogP contribution in [-0.4, -0.2) is 30.0 Å². The van der Waals surface area contributed by atoms with Gasteiger partial charge >= 0.3 is 0 Å². The lowest BCUT2D eigenvalue weighted by molar-refractivity contribution is 0.824. The van der Waals surface area contributed by atoms with Crippen LogP contribution in [0.1, 0.15) is 0 Å². The molecule has 0 saturated carbocycles. The number of hydrogen-bond donors (Lipinski definition) is 0. The molecule has 0 spiro atoms. The first-order chi connectivity index (χ1) is 21.8. The van der Waals surface area contributed by atoms with Crippen molar-refractivity contribution >= 4 is 43.6 Å². The summed E-state index contributed by atoms with van der Waals surface area (Å²) in [4.78, 5) is 0. The molecule has 0 N–H and O–H groups in total. The van der Waals surface area contributed by atoms with Gasteiger partial charge in [0, 0.05) is 10.8 Å². The van der Waals surface area contributed by atoms with E-state index in [9.17, 15) is 0 Å². The van der Waals surface area contributed by atoms with Crippen LogP contribution in [0.4, 0.5) is 0 Å². The second-order valence-corrected chi connectivity index (χ2v) is 10.9. The van der Waals surface area contributed by atoms with Crippen molar-refractivity contribution < 1.29 is 0 Å². The van der Waals surface area contributed by atoms with Crippen LogP contribution in [0.3, 0.4) is 0 Å². The standard InChI is InChI=1S/C38H24N6/c1-3-11-27(12-4-1)43-35-23-33(29-15-7-9-17-31(29)37(35)39-41-43)25-19-21-26(22-20-25)34-24-36-38(32-18-10-8-16-30(32)34)40-42-44(36)28-13-5-2-6-14-28/h1-24H. The Hall–Kier alpha value is -6.14. The third-order valence-electron chi connectivity index (χ3n) is 8.43. The number of benzene rings is 7. The van der Waals surface area contributed by atoms with Crippen LogP contribution in [0.15, 0.2) is 146 Å². The molecule has 0 aliphatic carbocycles. The molecule has 0 aliphatic heterocycles. The molecule has 0 saturated heterocycles. The van der Waals surface area contributed by atoms with Gasteiger partial charge in [-0.1, -0.05) is 120 Å². The summed E-state index contributed by atoms with van der Waals surface area (Å²) in [5.41, 5.74) is 10.3. The molecule has 44 heavy (non-hydrogen) atoms. The Morgan fingerprint density at radius 3 is 1.14 bits per heavy atom. The van der Waals surface area contributed by atoms with E-state index in [2.05, 4.69) is 130 Å². The highest BCUT2D eigenvalue weighted by Crippen LogP contribution is 2.38. The summed E-state index contributed by atoms with van der Waals surface area (Å²) < 4.78 is 3.84. The lowest BCUT2D eigenvalue weighted by Crippen LogP contribution is -1.96. The minimum atomic E-state index is 0.897. The van der Waals surface area contributed by atoms with Crippen LogP contribution in [0, 0.1) is 0 Å². The van der Waals surface area contributed by atoms with Gasteiger partial charge in [0.05, 0.1) is 22.4 Å². The molecular weight excluding hydrogens is 540 g/mol. The fraction of sp³-hybridized carbons (Fsp3) is 0. The maximum absolute atomic E-state index is 4.59. The zero-order valence-electron chi connectivity index (χ0n) is 23.5. The molecule has 0 unspecified atom stereocenters. The van der Waals surface area contributed by atoms with Crippen molar-refractivity contribution in [2.45, 2.75) is 0 Å². The molecule has 206 valence electrons. The van der Waals surface area contributed by atoms with E-state index in [1.807, 2.05) is 45.8 Å².